The lowest BCUT2D eigenvalue weighted by Crippen LogP contribution is -2.06. The summed E-state index contributed by atoms with van der Waals surface area (Å²) in [4.78, 5) is 8.16. The van der Waals surface area contributed by atoms with E-state index in [0.717, 1.165) is 17.9 Å². The Morgan fingerprint density at radius 2 is 1.94 bits per heavy atom. The topological polar surface area (TPSA) is 56.3 Å². The molecule has 0 saturated heterocycles. The molecule has 0 unspecified atom stereocenters. The molecule has 1 N–H and O–H groups in total. The van der Waals surface area contributed by atoms with Crippen molar-refractivity contribution >= 4 is 0 Å². The Morgan fingerprint density at radius 1 is 1.17 bits per heavy atom. The third-order valence-electron chi connectivity index (χ3n) is 2.35. The average molecular weight is 245 g/mol. The number of nitrogens with one attached hydrogen (secondary N) is 1. The summed E-state index contributed by atoms with van der Waals surface area (Å²) >= 11 is 0. The van der Waals surface area contributed by atoms with Crippen LogP contribution in [0.3, 0.4) is 0 Å². The van der Waals surface area contributed by atoms with Gasteiger partial charge in [0.15, 0.2) is 0 Å². The molecule has 5 nitrogen and oxygen atoms in total. The number of benzene rings is 1. The van der Waals surface area contributed by atoms with E-state index in [9.17, 15) is 0 Å². The number of para-hydroxylation sites is 1. The highest BCUT2D eigenvalue weighted by molar-refractivity contribution is 5.35. The van der Waals surface area contributed by atoms with E-state index in [-0.39, 0.29) is 0 Å². The minimum absolute atomic E-state index is 0.415. The maximum absolute atomic E-state index is 5.71. The van der Waals surface area contributed by atoms with E-state index >= 15 is 0 Å². The monoisotopic (exact) mass is 245 g/mol. The molecule has 94 valence electrons. The second kappa shape index (κ2) is 5.97. The zero-order chi connectivity index (χ0) is 12.8. The van der Waals surface area contributed by atoms with Crippen LogP contribution in [0.5, 0.6) is 17.5 Å². The Bertz CT molecular complexity index is 517. The fourth-order valence-corrected chi connectivity index (χ4v) is 1.53. The zero-order valence-electron chi connectivity index (χ0n) is 10.4. The van der Waals surface area contributed by atoms with E-state index in [1.165, 1.54) is 6.20 Å². The van der Waals surface area contributed by atoms with Gasteiger partial charge in [0, 0.05) is 12.1 Å². The van der Waals surface area contributed by atoms with Crippen LogP contribution in [0.2, 0.25) is 0 Å². The van der Waals surface area contributed by atoms with Gasteiger partial charge in [-0.2, -0.15) is 4.98 Å². The minimum Gasteiger partial charge on any atom is -0.480 e. The summed E-state index contributed by atoms with van der Waals surface area (Å²) in [6.07, 6.45) is 3.09. The van der Waals surface area contributed by atoms with Crippen molar-refractivity contribution in [1.82, 2.24) is 15.3 Å². The quantitative estimate of drug-likeness (QED) is 0.873. The Hall–Kier alpha value is -2.14. The van der Waals surface area contributed by atoms with Crippen LogP contribution in [-0.2, 0) is 6.54 Å². The maximum atomic E-state index is 5.71. The first-order valence-electron chi connectivity index (χ1n) is 5.60. The van der Waals surface area contributed by atoms with Crippen molar-refractivity contribution in [3.05, 3.63) is 42.2 Å². The van der Waals surface area contributed by atoms with Gasteiger partial charge in [0.05, 0.1) is 19.5 Å². The summed E-state index contributed by atoms with van der Waals surface area (Å²) in [7, 11) is 3.44. The molecule has 0 aliphatic heterocycles. The van der Waals surface area contributed by atoms with Crippen LogP contribution < -0.4 is 14.8 Å². The van der Waals surface area contributed by atoms with E-state index in [4.69, 9.17) is 9.47 Å². The van der Waals surface area contributed by atoms with Crippen molar-refractivity contribution in [2.45, 2.75) is 6.54 Å². The van der Waals surface area contributed by atoms with Crippen molar-refractivity contribution in [2.75, 3.05) is 14.2 Å². The molecule has 0 radical (unpaired) electrons. The van der Waals surface area contributed by atoms with Crippen molar-refractivity contribution in [3.8, 4) is 17.5 Å². The van der Waals surface area contributed by atoms with Crippen molar-refractivity contribution in [2.24, 2.45) is 0 Å². The van der Waals surface area contributed by atoms with E-state index in [0.29, 0.717) is 11.8 Å². The van der Waals surface area contributed by atoms with Crippen molar-refractivity contribution < 1.29 is 9.47 Å². The van der Waals surface area contributed by atoms with Crippen molar-refractivity contribution in [1.29, 1.82) is 0 Å². The fraction of sp³-hybridized carbons (Fsp3) is 0.231. The summed E-state index contributed by atoms with van der Waals surface area (Å²) in [5, 5.41) is 3.09. The molecule has 0 fully saturated rings. The van der Waals surface area contributed by atoms with Gasteiger partial charge in [0.1, 0.15) is 5.75 Å². The van der Waals surface area contributed by atoms with Crippen LogP contribution in [0.1, 0.15) is 5.56 Å². The maximum Gasteiger partial charge on any atom is 0.241 e. The van der Waals surface area contributed by atoms with Crippen molar-refractivity contribution in [3.63, 3.8) is 0 Å². The molecule has 0 aliphatic rings. The second-order valence-electron chi connectivity index (χ2n) is 3.64. The lowest BCUT2D eigenvalue weighted by Gasteiger charge is -2.10. The van der Waals surface area contributed by atoms with Crippen LogP contribution in [0, 0.1) is 0 Å². The predicted molar refractivity (Wildman–Crippen MR) is 67.9 cm³/mol. The van der Waals surface area contributed by atoms with E-state index in [1.807, 2.05) is 31.3 Å². The first kappa shape index (κ1) is 12.3. The Morgan fingerprint density at radius 3 is 2.72 bits per heavy atom. The molecule has 0 aliphatic carbocycles. The summed E-state index contributed by atoms with van der Waals surface area (Å²) in [5.41, 5.74) is 1.06. The molecule has 2 rings (SSSR count). The van der Waals surface area contributed by atoms with Crippen LogP contribution in [0.25, 0.3) is 0 Å². The van der Waals surface area contributed by atoms with Gasteiger partial charge in [0.2, 0.25) is 11.8 Å². The second-order valence-corrected chi connectivity index (χ2v) is 3.64. The lowest BCUT2D eigenvalue weighted by molar-refractivity contribution is 0.379. The molecule has 0 amide bonds. The third-order valence-corrected chi connectivity index (χ3v) is 2.35. The summed E-state index contributed by atoms with van der Waals surface area (Å²) in [5.74, 6) is 1.60. The first-order chi connectivity index (χ1) is 8.83. The van der Waals surface area contributed by atoms with Crippen LogP contribution >= 0.6 is 0 Å². The molecule has 0 atom stereocenters. The zero-order valence-corrected chi connectivity index (χ0v) is 10.4. The van der Waals surface area contributed by atoms with Gasteiger partial charge in [-0.1, -0.05) is 18.2 Å². The minimum atomic E-state index is 0.415. The summed E-state index contributed by atoms with van der Waals surface area (Å²) < 4.78 is 10.7. The van der Waals surface area contributed by atoms with Gasteiger partial charge in [-0.3, -0.25) is 4.98 Å². The number of ether oxygens (including phenoxy) is 2. The van der Waals surface area contributed by atoms with Crippen LogP contribution in [-0.4, -0.2) is 24.1 Å². The van der Waals surface area contributed by atoms with Gasteiger partial charge >= 0.3 is 0 Å². The SMILES string of the molecule is CNCc1ccccc1Oc1cncc(OC)n1. The van der Waals surface area contributed by atoms with Gasteiger partial charge in [-0.15, -0.1) is 0 Å². The number of aromatic nitrogens is 2. The van der Waals surface area contributed by atoms with Gasteiger partial charge in [-0.05, 0) is 13.1 Å². The summed E-state index contributed by atoms with van der Waals surface area (Å²) in [6, 6.07) is 7.78. The van der Waals surface area contributed by atoms with Gasteiger partial charge in [-0.25, -0.2) is 0 Å². The first-order valence-corrected chi connectivity index (χ1v) is 5.60. The number of methoxy groups -OCH3 is 1. The molecule has 1 aromatic carbocycles. The van der Waals surface area contributed by atoms with Crippen LogP contribution in [0.4, 0.5) is 0 Å². The molecule has 5 heteroatoms. The molecular formula is C13H15N3O2. The summed E-state index contributed by atoms with van der Waals surface area (Å²) in [6.45, 7) is 0.730. The molecule has 1 heterocycles. The lowest BCUT2D eigenvalue weighted by atomic mass is 10.2. The highest BCUT2D eigenvalue weighted by atomic mass is 16.5. The van der Waals surface area contributed by atoms with Crippen LogP contribution in [0.15, 0.2) is 36.7 Å². The molecule has 0 spiro atoms. The van der Waals surface area contributed by atoms with Gasteiger partial charge in [0.25, 0.3) is 0 Å². The molecule has 18 heavy (non-hydrogen) atoms. The molecule has 0 bridgehead atoms. The normalized spacial score (nSPS) is 10.1. The highest BCUT2D eigenvalue weighted by Gasteiger charge is 2.05. The van der Waals surface area contributed by atoms with E-state index in [1.54, 1.807) is 13.3 Å². The Labute approximate surface area is 106 Å². The molecule has 1 aromatic heterocycles. The van der Waals surface area contributed by atoms with E-state index < -0.39 is 0 Å². The van der Waals surface area contributed by atoms with Gasteiger partial charge < -0.3 is 14.8 Å². The number of hydrogen-bond donors (Lipinski definition) is 1. The number of nitrogens with zero attached hydrogens (tertiary/aromatic N) is 2. The molecule has 0 saturated carbocycles. The molecular weight excluding hydrogens is 230 g/mol. The number of hydrogen-bond acceptors (Lipinski definition) is 5. The Kier molecular flexibility index (Phi) is 4.09. The smallest absolute Gasteiger partial charge is 0.241 e. The largest absolute Gasteiger partial charge is 0.480 e. The third kappa shape index (κ3) is 2.95. The van der Waals surface area contributed by atoms with E-state index in [2.05, 4.69) is 15.3 Å². The average Bonchev–Trinajstić information content (AvgIpc) is 2.41. The number of rotatable bonds is 5. The standard InChI is InChI=1S/C13H15N3O2/c1-14-7-10-5-3-4-6-11(10)18-13-9-15-8-12(16-13)17-2/h3-6,8-9,14H,7H2,1-2H3. The molecule has 2 aromatic rings. The fourth-order valence-electron chi connectivity index (χ4n) is 1.53. The Balaban J connectivity index is 2.22. The predicted octanol–water partition coefficient (Wildman–Crippen LogP) is 2.00. The highest BCUT2D eigenvalue weighted by Crippen LogP contribution is 2.24.